The van der Waals surface area contributed by atoms with Gasteiger partial charge >= 0.3 is 0 Å². The maximum absolute atomic E-state index is 13.0. The van der Waals surface area contributed by atoms with Gasteiger partial charge in [-0.1, -0.05) is 24.3 Å². The van der Waals surface area contributed by atoms with Gasteiger partial charge in [-0.25, -0.2) is 0 Å². The van der Waals surface area contributed by atoms with Gasteiger partial charge in [-0.05, 0) is 36.8 Å². The molecule has 128 valence electrons. The molecule has 0 radical (unpaired) electrons. The van der Waals surface area contributed by atoms with E-state index in [4.69, 9.17) is 4.74 Å². The molecule has 0 aliphatic rings. The molecule has 25 heavy (non-hydrogen) atoms. The van der Waals surface area contributed by atoms with Crippen LogP contribution in [0.3, 0.4) is 0 Å². The van der Waals surface area contributed by atoms with Crippen LogP contribution in [0.1, 0.15) is 25.7 Å². The van der Waals surface area contributed by atoms with Crippen LogP contribution in [0, 0.1) is 6.92 Å². The van der Waals surface area contributed by atoms with Crippen LogP contribution in [0.15, 0.2) is 60.9 Å². The second kappa shape index (κ2) is 7.94. The number of hydrogen-bond acceptors (Lipinski definition) is 4. The van der Waals surface area contributed by atoms with Gasteiger partial charge in [0, 0.05) is 29.4 Å². The van der Waals surface area contributed by atoms with Crippen molar-refractivity contribution in [1.29, 1.82) is 0 Å². The summed E-state index contributed by atoms with van der Waals surface area (Å²) in [6.45, 7) is 2.99. The summed E-state index contributed by atoms with van der Waals surface area (Å²) in [4.78, 5) is 20.9. The number of carbonyl (C=O) groups is 1. The smallest absolute Gasteiger partial charge is 0.264 e. The van der Waals surface area contributed by atoms with Gasteiger partial charge in [-0.3, -0.25) is 9.78 Å². The summed E-state index contributed by atoms with van der Waals surface area (Å²) in [7, 11) is 1.65. The highest BCUT2D eigenvalue weighted by atomic mass is 32.1. The number of hydrogen-bond donors (Lipinski definition) is 0. The number of aryl methyl sites for hydroxylation is 1. The zero-order valence-corrected chi connectivity index (χ0v) is 15.1. The lowest BCUT2D eigenvalue weighted by Crippen LogP contribution is -2.29. The molecule has 2 heterocycles. The van der Waals surface area contributed by atoms with Crippen molar-refractivity contribution in [3.63, 3.8) is 0 Å². The van der Waals surface area contributed by atoms with Crippen molar-refractivity contribution in [3.05, 3.63) is 81.8 Å². The van der Waals surface area contributed by atoms with Crippen LogP contribution in [0.25, 0.3) is 0 Å². The number of ether oxygens (including phenoxy) is 1. The molecule has 3 aromatic rings. The molecular formula is C20H20N2O2S. The minimum absolute atomic E-state index is 0.0212. The SMILES string of the molecule is COc1ccccc1CN(Cc1cccnc1)C(=O)c1ccc(C)s1. The molecule has 3 rings (SSSR count). The molecule has 0 aliphatic heterocycles. The summed E-state index contributed by atoms with van der Waals surface area (Å²) in [6.07, 6.45) is 3.53. The summed E-state index contributed by atoms with van der Waals surface area (Å²) < 4.78 is 5.44. The fourth-order valence-corrected chi connectivity index (χ4v) is 3.49. The fraction of sp³-hybridized carbons (Fsp3) is 0.200. The van der Waals surface area contributed by atoms with Crippen LogP contribution in [0.5, 0.6) is 5.75 Å². The van der Waals surface area contributed by atoms with Crippen LogP contribution < -0.4 is 4.74 Å². The van der Waals surface area contributed by atoms with E-state index in [-0.39, 0.29) is 5.91 Å². The Morgan fingerprint density at radius 2 is 1.96 bits per heavy atom. The van der Waals surface area contributed by atoms with E-state index < -0.39 is 0 Å². The van der Waals surface area contributed by atoms with E-state index in [9.17, 15) is 4.79 Å². The predicted octanol–water partition coefficient (Wildman–Crippen LogP) is 4.30. The molecule has 0 unspecified atom stereocenters. The highest BCUT2D eigenvalue weighted by Crippen LogP contribution is 2.23. The maximum atomic E-state index is 13.0. The van der Waals surface area contributed by atoms with Crippen molar-refractivity contribution in [2.45, 2.75) is 20.0 Å². The minimum atomic E-state index is 0.0212. The van der Waals surface area contributed by atoms with Crippen LogP contribution in [0.4, 0.5) is 0 Å². The number of carbonyl (C=O) groups excluding carboxylic acids is 1. The lowest BCUT2D eigenvalue weighted by Gasteiger charge is -2.23. The van der Waals surface area contributed by atoms with E-state index in [1.165, 1.54) is 11.3 Å². The first-order valence-electron chi connectivity index (χ1n) is 8.04. The Morgan fingerprint density at radius 1 is 1.12 bits per heavy atom. The average molecular weight is 352 g/mol. The van der Waals surface area contributed by atoms with Crippen molar-refractivity contribution in [2.75, 3.05) is 7.11 Å². The van der Waals surface area contributed by atoms with Crippen molar-refractivity contribution in [3.8, 4) is 5.75 Å². The Morgan fingerprint density at radius 3 is 2.64 bits per heavy atom. The van der Waals surface area contributed by atoms with Crippen LogP contribution in [-0.2, 0) is 13.1 Å². The number of amides is 1. The van der Waals surface area contributed by atoms with E-state index in [0.717, 1.165) is 26.6 Å². The normalized spacial score (nSPS) is 10.5. The number of benzene rings is 1. The summed E-state index contributed by atoms with van der Waals surface area (Å²) in [5.74, 6) is 0.807. The molecule has 1 aromatic carbocycles. The number of rotatable bonds is 6. The number of pyridine rings is 1. The molecule has 0 aliphatic carbocycles. The van der Waals surface area contributed by atoms with E-state index in [1.54, 1.807) is 19.5 Å². The zero-order chi connectivity index (χ0) is 17.6. The Hall–Kier alpha value is -2.66. The lowest BCUT2D eigenvalue weighted by atomic mass is 10.1. The molecule has 0 bridgehead atoms. The Bertz CT molecular complexity index is 846. The third kappa shape index (κ3) is 4.25. The van der Waals surface area contributed by atoms with E-state index in [1.807, 2.05) is 60.4 Å². The number of aromatic nitrogens is 1. The molecule has 0 spiro atoms. The molecule has 4 nitrogen and oxygen atoms in total. The minimum Gasteiger partial charge on any atom is -0.496 e. The fourth-order valence-electron chi connectivity index (χ4n) is 2.66. The van der Waals surface area contributed by atoms with Crippen LogP contribution in [-0.4, -0.2) is 22.9 Å². The van der Waals surface area contributed by atoms with Crippen molar-refractivity contribution < 1.29 is 9.53 Å². The topological polar surface area (TPSA) is 42.4 Å². The molecule has 1 amide bonds. The van der Waals surface area contributed by atoms with Gasteiger partial charge in [0.1, 0.15) is 5.75 Å². The van der Waals surface area contributed by atoms with Gasteiger partial charge in [0.2, 0.25) is 0 Å². The maximum Gasteiger partial charge on any atom is 0.264 e. The quantitative estimate of drug-likeness (QED) is 0.664. The standard InChI is InChI=1S/C20H20N2O2S/c1-15-9-10-19(25-15)20(23)22(13-16-6-5-11-21-12-16)14-17-7-3-4-8-18(17)24-2/h3-12H,13-14H2,1-2H3. The van der Waals surface area contributed by atoms with E-state index in [0.29, 0.717) is 13.1 Å². The summed E-state index contributed by atoms with van der Waals surface area (Å²) in [6, 6.07) is 15.5. The number of para-hydroxylation sites is 1. The Labute approximate surface area is 151 Å². The molecule has 0 fully saturated rings. The predicted molar refractivity (Wildman–Crippen MR) is 99.9 cm³/mol. The largest absolute Gasteiger partial charge is 0.496 e. The van der Waals surface area contributed by atoms with Gasteiger partial charge in [-0.15, -0.1) is 11.3 Å². The van der Waals surface area contributed by atoms with Gasteiger partial charge in [-0.2, -0.15) is 0 Å². The van der Waals surface area contributed by atoms with Crippen molar-refractivity contribution in [1.82, 2.24) is 9.88 Å². The van der Waals surface area contributed by atoms with Crippen LogP contribution >= 0.6 is 11.3 Å². The second-order valence-corrected chi connectivity index (χ2v) is 7.03. The van der Waals surface area contributed by atoms with E-state index in [2.05, 4.69) is 4.98 Å². The highest BCUT2D eigenvalue weighted by molar-refractivity contribution is 7.13. The van der Waals surface area contributed by atoms with Crippen molar-refractivity contribution in [2.24, 2.45) is 0 Å². The molecule has 2 aromatic heterocycles. The molecule has 0 saturated heterocycles. The monoisotopic (exact) mass is 352 g/mol. The molecule has 0 saturated carbocycles. The van der Waals surface area contributed by atoms with Crippen LogP contribution in [0.2, 0.25) is 0 Å². The van der Waals surface area contributed by atoms with Gasteiger partial charge in [0.25, 0.3) is 5.91 Å². The third-order valence-corrected chi connectivity index (χ3v) is 4.88. The molecule has 0 atom stereocenters. The second-order valence-electron chi connectivity index (χ2n) is 5.74. The first-order chi connectivity index (χ1) is 12.2. The highest BCUT2D eigenvalue weighted by Gasteiger charge is 2.19. The van der Waals surface area contributed by atoms with Gasteiger partial charge < -0.3 is 9.64 Å². The summed E-state index contributed by atoms with van der Waals surface area (Å²) in [5.41, 5.74) is 1.98. The molecule has 0 N–H and O–H groups in total. The first kappa shape index (κ1) is 17.2. The Kier molecular flexibility index (Phi) is 5.46. The first-order valence-corrected chi connectivity index (χ1v) is 8.85. The lowest BCUT2D eigenvalue weighted by molar-refractivity contribution is 0.0733. The number of methoxy groups -OCH3 is 1. The summed E-state index contributed by atoms with van der Waals surface area (Å²) in [5, 5.41) is 0. The number of thiophene rings is 1. The third-order valence-electron chi connectivity index (χ3n) is 3.89. The average Bonchev–Trinajstić information content (AvgIpc) is 3.08. The molecular weight excluding hydrogens is 332 g/mol. The van der Waals surface area contributed by atoms with E-state index >= 15 is 0 Å². The van der Waals surface area contributed by atoms with Gasteiger partial charge in [0.05, 0.1) is 18.5 Å². The van der Waals surface area contributed by atoms with Crippen molar-refractivity contribution >= 4 is 17.2 Å². The molecule has 5 heteroatoms. The Balaban J connectivity index is 1.89. The summed E-state index contributed by atoms with van der Waals surface area (Å²) >= 11 is 1.52. The number of nitrogens with zero attached hydrogens (tertiary/aromatic N) is 2. The van der Waals surface area contributed by atoms with Gasteiger partial charge in [0.15, 0.2) is 0 Å². The zero-order valence-electron chi connectivity index (χ0n) is 14.3.